The van der Waals surface area contributed by atoms with Crippen LogP contribution in [0.2, 0.25) is 5.15 Å². The minimum absolute atomic E-state index is 0.337. The van der Waals surface area contributed by atoms with Crippen molar-refractivity contribution in [2.75, 3.05) is 0 Å². The fourth-order valence-electron chi connectivity index (χ4n) is 1.44. The van der Waals surface area contributed by atoms with Gasteiger partial charge in [-0.25, -0.2) is 4.98 Å². The Balaban J connectivity index is 2.71. The molecule has 0 bridgehead atoms. The normalized spacial score (nSPS) is 11.3. The summed E-state index contributed by atoms with van der Waals surface area (Å²) in [7, 11) is 0. The Hall–Kier alpha value is -1.61. The van der Waals surface area contributed by atoms with E-state index in [1.807, 2.05) is 31.2 Å². The van der Waals surface area contributed by atoms with Crippen molar-refractivity contribution in [3.05, 3.63) is 40.5 Å². The van der Waals surface area contributed by atoms with Crippen molar-refractivity contribution in [2.24, 2.45) is 5.16 Å². The lowest BCUT2D eigenvalue weighted by molar-refractivity contribution is 0.322. The predicted molar refractivity (Wildman–Crippen MR) is 60.9 cm³/mol. The molecule has 0 saturated carbocycles. The van der Waals surface area contributed by atoms with Crippen molar-refractivity contribution >= 4 is 28.7 Å². The van der Waals surface area contributed by atoms with Crippen LogP contribution < -0.4 is 0 Å². The van der Waals surface area contributed by atoms with Crippen molar-refractivity contribution in [2.45, 2.75) is 6.92 Å². The van der Waals surface area contributed by atoms with Gasteiger partial charge in [-0.2, -0.15) is 0 Å². The second-order valence-electron chi connectivity index (χ2n) is 3.31. The van der Waals surface area contributed by atoms with Crippen LogP contribution in [0.4, 0.5) is 0 Å². The summed E-state index contributed by atoms with van der Waals surface area (Å²) in [5, 5.41) is 12.7. The second kappa shape index (κ2) is 3.87. The van der Waals surface area contributed by atoms with Crippen LogP contribution >= 0.6 is 11.6 Å². The molecule has 0 fully saturated rings. The maximum atomic E-state index is 8.45. The lowest BCUT2D eigenvalue weighted by Crippen LogP contribution is -1.89. The highest BCUT2D eigenvalue weighted by Gasteiger charge is 2.03. The average Bonchev–Trinajstić information content (AvgIpc) is 2.20. The molecule has 0 radical (unpaired) electrons. The number of benzene rings is 1. The first-order valence-electron chi connectivity index (χ1n) is 4.45. The van der Waals surface area contributed by atoms with Gasteiger partial charge in [0.05, 0.1) is 11.7 Å². The molecular formula is C11H9ClN2O. The zero-order valence-electron chi connectivity index (χ0n) is 8.11. The molecule has 0 aliphatic carbocycles. The highest BCUT2D eigenvalue weighted by atomic mass is 35.5. The van der Waals surface area contributed by atoms with E-state index in [2.05, 4.69) is 10.1 Å². The number of halogens is 1. The van der Waals surface area contributed by atoms with Gasteiger partial charge in [0, 0.05) is 10.9 Å². The van der Waals surface area contributed by atoms with Gasteiger partial charge in [-0.05, 0) is 25.1 Å². The van der Waals surface area contributed by atoms with Crippen molar-refractivity contribution in [3.8, 4) is 0 Å². The maximum Gasteiger partial charge on any atom is 0.138 e. The number of hydrogen-bond donors (Lipinski definition) is 1. The number of rotatable bonds is 1. The van der Waals surface area contributed by atoms with E-state index in [1.165, 1.54) is 6.21 Å². The van der Waals surface area contributed by atoms with Gasteiger partial charge in [0.1, 0.15) is 5.15 Å². The highest BCUT2D eigenvalue weighted by Crippen LogP contribution is 2.20. The minimum Gasteiger partial charge on any atom is -0.411 e. The number of aryl methyl sites for hydroxylation is 1. The summed E-state index contributed by atoms with van der Waals surface area (Å²) < 4.78 is 0. The van der Waals surface area contributed by atoms with Crippen LogP contribution in [0.25, 0.3) is 10.9 Å². The molecule has 4 heteroatoms. The van der Waals surface area contributed by atoms with Gasteiger partial charge in [0.25, 0.3) is 0 Å². The molecule has 2 rings (SSSR count). The van der Waals surface area contributed by atoms with Crippen LogP contribution in [0.5, 0.6) is 0 Å². The van der Waals surface area contributed by atoms with Gasteiger partial charge in [0.15, 0.2) is 0 Å². The molecule has 15 heavy (non-hydrogen) atoms. The fourth-order valence-corrected chi connectivity index (χ4v) is 1.64. The van der Waals surface area contributed by atoms with Crippen molar-refractivity contribution < 1.29 is 5.21 Å². The first-order chi connectivity index (χ1) is 7.20. The summed E-state index contributed by atoms with van der Waals surface area (Å²) in [4.78, 5) is 4.20. The van der Waals surface area contributed by atoms with E-state index in [-0.39, 0.29) is 0 Å². The number of hydrogen-bond acceptors (Lipinski definition) is 3. The molecule has 1 heterocycles. The standard InChI is InChI=1S/C11H9ClN2O/c1-7-2-3-10-8(4-7)5-9(6-13-15)11(12)14-10/h2-6,15H,1H3/b13-6+. The van der Waals surface area contributed by atoms with Gasteiger partial charge in [-0.1, -0.05) is 28.4 Å². The molecule has 1 N–H and O–H groups in total. The van der Waals surface area contributed by atoms with Crippen LogP contribution in [0.15, 0.2) is 29.4 Å². The number of oxime groups is 1. The number of nitrogens with zero attached hydrogens (tertiary/aromatic N) is 2. The van der Waals surface area contributed by atoms with E-state index in [9.17, 15) is 0 Å². The second-order valence-corrected chi connectivity index (χ2v) is 3.67. The average molecular weight is 221 g/mol. The molecule has 0 spiro atoms. The van der Waals surface area contributed by atoms with E-state index in [4.69, 9.17) is 16.8 Å². The van der Waals surface area contributed by atoms with E-state index >= 15 is 0 Å². The molecule has 0 aliphatic heterocycles. The molecule has 0 atom stereocenters. The lowest BCUT2D eigenvalue weighted by Gasteiger charge is -2.02. The Morgan fingerprint density at radius 3 is 2.93 bits per heavy atom. The summed E-state index contributed by atoms with van der Waals surface area (Å²) in [5.74, 6) is 0. The van der Waals surface area contributed by atoms with Crippen LogP contribution in [0.3, 0.4) is 0 Å². The summed E-state index contributed by atoms with van der Waals surface area (Å²) >= 11 is 5.91. The van der Waals surface area contributed by atoms with Gasteiger partial charge in [0.2, 0.25) is 0 Å². The monoisotopic (exact) mass is 220 g/mol. The topological polar surface area (TPSA) is 45.5 Å². The zero-order chi connectivity index (χ0) is 10.8. The van der Waals surface area contributed by atoms with Crippen molar-refractivity contribution in [1.82, 2.24) is 4.98 Å². The van der Waals surface area contributed by atoms with E-state index in [1.54, 1.807) is 0 Å². The largest absolute Gasteiger partial charge is 0.411 e. The van der Waals surface area contributed by atoms with E-state index < -0.39 is 0 Å². The quantitative estimate of drug-likeness (QED) is 0.348. The Labute approximate surface area is 92.0 Å². The molecule has 0 amide bonds. The summed E-state index contributed by atoms with van der Waals surface area (Å²) in [6.45, 7) is 2.01. The molecule has 0 unspecified atom stereocenters. The third-order valence-electron chi connectivity index (χ3n) is 2.15. The van der Waals surface area contributed by atoms with E-state index in [0.717, 1.165) is 16.5 Å². The SMILES string of the molecule is Cc1ccc2nc(Cl)c(/C=N/O)cc2c1. The lowest BCUT2D eigenvalue weighted by atomic mass is 10.1. The molecule has 0 saturated heterocycles. The van der Waals surface area contributed by atoms with Crippen molar-refractivity contribution in [1.29, 1.82) is 0 Å². The first-order valence-corrected chi connectivity index (χ1v) is 4.83. The molecule has 76 valence electrons. The summed E-state index contributed by atoms with van der Waals surface area (Å²) in [5.41, 5.74) is 2.59. The van der Waals surface area contributed by atoms with Gasteiger partial charge in [-0.3, -0.25) is 0 Å². The Bertz CT molecular complexity index is 537. The van der Waals surface area contributed by atoms with Crippen LogP contribution in [0.1, 0.15) is 11.1 Å². The maximum absolute atomic E-state index is 8.45. The van der Waals surface area contributed by atoms with Crippen LogP contribution in [0, 0.1) is 6.92 Å². The minimum atomic E-state index is 0.337. The van der Waals surface area contributed by atoms with E-state index in [0.29, 0.717) is 10.7 Å². The molecule has 3 nitrogen and oxygen atoms in total. The number of pyridine rings is 1. The molecule has 2 aromatic rings. The highest BCUT2D eigenvalue weighted by molar-refractivity contribution is 6.32. The Kier molecular flexibility index (Phi) is 2.56. The van der Waals surface area contributed by atoms with Crippen LogP contribution in [-0.4, -0.2) is 16.4 Å². The first kappa shape index (κ1) is 9.93. The van der Waals surface area contributed by atoms with Gasteiger partial charge in [-0.15, -0.1) is 0 Å². The Morgan fingerprint density at radius 2 is 2.20 bits per heavy atom. The summed E-state index contributed by atoms with van der Waals surface area (Å²) in [6.07, 6.45) is 1.27. The third-order valence-corrected chi connectivity index (χ3v) is 2.45. The fraction of sp³-hybridized carbons (Fsp3) is 0.0909. The smallest absolute Gasteiger partial charge is 0.138 e. The molecule has 0 aliphatic rings. The number of fused-ring (bicyclic) bond motifs is 1. The predicted octanol–water partition coefficient (Wildman–Crippen LogP) is 3.00. The zero-order valence-corrected chi connectivity index (χ0v) is 8.86. The van der Waals surface area contributed by atoms with Crippen molar-refractivity contribution in [3.63, 3.8) is 0 Å². The molecule has 1 aromatic carbocycles. The van der Waals surface area contributed by atoms with Crippen LogP contribution in [-0.2, 0) is 0 Å². The van der Waals surface area contributed by atoms with Gasteiger partial charge >= 0.3 is 0 Å². The number of aromatic nitrogens is 1. The van der Waals surface area contributed by atoms with Gasteiger partial charge < -0.3 is 5.21 Å². The Morgan fingerprint density at radius 1 is 1.40 bits per heavy atom. The molecular weight excluding hydrogens is 212 g/mol. The summed E-state index contributed by atoms with van der Waals surface area (Å²) in [6, 6.07) is 7.74. The molecule has 1 aromatic heterocycles. The third kappa shape index (κ3) is 1.92.